The first-order valence-electron chi connectivity index (χ1n) is 10.3. The van der Waals surface area contributed by atoms with Crippen LogP contribution in [0.3, 0.4) is 0 Å². The lowest BCUT2D eigenvalue weighted by molar-refractivity contribution is -0.134. The van der Waals surface area contributed by atoms with Crippen LogP contribution in [0.5, 0.6) is 5.75 Å². The van der Waals surface area contributed by atoms with Crippen molar-refractivity contribution < 1.29 is 34.4 Å². The number of para-hydroxylation sites is 2. The zero-order valence-corrected chi connectivity index (χ0v) is 18.9. The van der Waals surface area contributed by atoms with Crippen molar-refractivity contribution in [2.24, 2.45) is 0 Å². The summed E-state index contributed by atoms with van der Waals surface area (Å²) >= 11 is 6.23. The van der Waals surface area contributed by atoms with Gasteiger partial charge >= 0.3 is 17.9 Å². The van der Waals surface area contributed by atoms with Crippen molar-refractivity contribution in [1.82, 2.24) is 5.32 Å². The van der Waals surface area contributed by atoms with Crippen LogP contribution < -0.4 is 15.0 Å². The summed E-state index contributed by atoms with van der Waals surface area (Å²) < 4.78 is 5.96. The third-order valence-electron chi connectivity index (χ3n) is 4.50. The lowest BCUT2D eigenvalue weighted by Gasteiger charge is -2.26. The Morgan fingerprint density at radius 2 is 1.65 bits per heavy atom. The predicted octanol–water partition coefficient (Wildman–Crippen LogP) is 3.70. The van der Waals surface area contributed by atoms with Crippen molar-refractivity contribution in [3.8, 4) is 5.75 Å². The number of rotatable bonds is 9. The predicted molar refractivity (Wildman–Crippen MR) is 128 cm³/mol. The summed E-state index contributed by atoms with van der Waals surface area (Å²) in [4.78, 5) is 31.8. The average Bonchev–Trinajstić information content (AvgIpc) is 2.94. The molecule has 0 fully saturated rings. The van der Waals surface area contributed by atoms with E-state index in [-0.39, 0.29) is 0 Å². The Balaban J connectivity index is 0.000000440. The smallest absolute Gasteiger partial charge is 0.328 e. The third kappa shape index (κ3) is 8.97. The van der Waals surface area contributed by atoms with Gasteiger partial charge in [0, 0.05) is 47.6 Å². The Labute approximate surface area is 201 Å². The molecule has 0 saturated carbocycles. The molecule has 0 bridgehead atoms. The van der Waals surface area contributed by atoms with Gasteiger partial charge in [0.15, 0.2) is 0 Å². The number of carboxylic acids is 3. The van der Waals surface area contributed by atoms with E-state index in [9.17, 15) is 14.4 Å². The highest BCUT2D eigenvalue weighted by molar-refractivity contribution is 6.30. The molecule has 34 heavy (non-hydrogen) atoms. The maximum Gasteiger partial charge on any atom is 0.328 e. The second kappa shape index (κ2) is 13.7. The molecule has 3 rings (SSSR count). The van der Waals surface area contributed by atoms with Crippen molar-refractivity contribution in [2.75, 3.05) is 24.5 Å². The first-order chi connectivity index (χ1) is 16.3. The highest BCUT2D eigenvalue weighted by Crippen LogP contribution is 2.40. The Kier molecular flexibility index (Phi) is 10.6. The quantitative estimate of drug-likeness (QED) is 0.307. The lowest BCUT2D eigenvalue weighted by Crippen LogP contribution is -2.24. The number of anilines is 2. The molecule has 9 nitrogen and oxygen atoms in total. The lowest BCUT2D eigenvalue weighted by atomic mass is 10.1. The minimum atomic E-state index is -1.26. The Morgan fingerprint density at radius 1 is 0.971 bits per heavy atom. The van der Waals surface area contributed by atoms with Crippen LogP contribution in [0.4, 0.5) is 11.4 Å². The van der Waals surface area contributed by atoms with E-state index in [1.54, 1.807) is 6.08 Å². The number of aliphatic carboxylic acids is 3. The molecular weight excluding hydrogens is 464 g/mol. The number of halogens is 1. The van der Waals surface area contributed by atoms with Gasteiger partial charge in [-0.05, 0) is 37.2 Å². The monoisotopic (exact) mass is 488 g/mol. The Bertz CT molecular complexity index is 1050. The van der Waals surface area contributed by atoms with Gasteiger partial charge in [-0.2, -0.15) is 0 Å². The van der Waals surface area contributed by atoms with Gasteiger partial charge in [-0.15, -0.1) is 0 Å². The largest absolute Gasteiger partial charge is 0.487 e. The summed E-state index contributed by atoms with van der Waals surface area (Å²) in [5, 5.41) is 28.1. The average molecular weight is 489 g/mol. The van der Waals surface area contributed by atoms with Crippen molar-refractivity contribution in [1.29, 1.82) is 0 Å². The first kappa shape index (κ1) is 26.4. The van der Waals surface area contributed by atoms with Crippen molar-refractivity contribution >= 4 is 40.9 Å². The summed E-state index contributed by atoms with van der Waals surface area (Å²) in [6.45, 7) is 2.62. The van der Waals surface area contributed by atoms with Gasteiger partial charge in [0.05, 0.1) is 5.69 Å². The van der Waals surface area contributed by atoms with E-state index < -0.39 is 17.9 Å². The molecule has 2 aromatic carbocycles. The van der Waals surface area contributed by atoms with Gasteiger partial charge in [-0.3, -0.25) is 0 Å². The molecule has 0 saturated heterocycles. The molecule has 0 aromatic heterocycles. The molecule has 0 spiro atoms. The molecule has 180 valence electrons. The summed E-state index contributed by atoms with van der Waals surface area (Å²) in [5.74, 6) is -2.58. The van der Waals surface area contributed by atoms with Crippen LogP contribution in [-0.2, 0) is 21.0 Å². The van der Waals surface area contributed by atoms with E-state index in [0.717, 1.165) is 48.3 Å². The second-order valence-corrected chi connectivity index (χ2v) is 7.43. The molecule has 10 heteroatoms. The Hall–Kier alpha value is -3.82. The van der Waals surface area contributed by atoms with E-state index in [1.807, 2.05) is 42.5 Å². The summed E-state index contributed by atoms with van der Waals surface area (Å²) in [6.07, 6.45) is 4.76. The highest BCUT2D eigenvalue weighted by atomic mass is 35.5. The molecule has 1 heterocycles. The zero-order valence-electron chi connectivity index (χ0n) is 18.2. The number of ether oxygens (including phenoxy) is 1. The molecule has 0 aliphatic carbocycles. The van der Waals surface area contributed by atoms with Gasteiger partial charge in [0.1, 0.15) is 12.4 Å². The molecular formula is C24H25ClN2O7. The minimum absolute atomic E-state index is 0.512. The minimum Gasteiger partial charge on any atom is -0.487 e. The zero-order chi connectivity index (χ0) is 24.9. The first-order valence-corrected chi connectivity index (χ1v) is 10.7. The standard InChI is InChI=1S/C20H21ClN2O3.C4H4O4/c21-16-9-8-15-14-26-19-6-2-1-5-17(19)23(18(15)13-16)12-4-11-22-10-3-7-20(24)25;5-3(6)1-2-4(7)8/h1-3,5-9,13,22H,4,10-12,14H2,(H,24,25);1-2H,(H,5,6)(H,7,8)/b7-3+;2-1-. The molecule has 1 aliphatic heterocycles. The van der Waals surface area contributed by atoms with Gasteiger partial charge in [0.25, 0.3) is 0 Å². The number of hydrogen-bond acceptors (Lipinski definition) is 6. The summed E-state index contributed by atoms with van der Waals surface area (Å²) in [6, 6.07) is 13.9. The molecule has 4 N–H and O–H groups in total. The normalized spacial score (nSPS) is 12.2. The third-order valence-corrected chi connectivity index (χ3v) is 4.74. The van der Waals surface area contributed by atoms with Gasteiger partial charge in [-0.25, -0.2) is 14.4 Å². The van der Waals surface area contributed by atoms with E-state index in [0.29, 0.717) is 30.3 Å². The van der Waals surface area contributed by atoms with Crippen molar-refractivity contribution in [3.05, 3.63) is 77.4 Å². The maximum atomic E-state index is 10.4. The van der Waals surface area contributed by atoms with E-state index in [2.05, 4.69) is 10.2 Å². The fourth-order valence-electron chi connectivity index (χ4n) is 3.09. The van der Waals surface area contributed by atoms with Crippen LogP contribution in [-0.4, -0.2) is 52.9 Å². The number of carbonyl (C=O) groups is 3. The maximum absolute atomic E-state index is 10.4. The molecule has 0 amide bonds. The number of hydrogen-bond donors (Lipinski definition) is 4. The molecule has 2 aromatic rings. The summed E-state index contributed by atoms with van der Waals surface area (Å²) in [5.41, 5.74) is 3.19. The summed E-state index contributed by atoms with van der Waals surface area (Å²) in [7, 11) is 0. The van der Waals surface area contributed by atoms with Crippen molar-refractivity contribution in [3.63, 3.8) is 0 Å². The van der Waals surface area contributed by atoms with E-state index >= 15 is 0 Å². The fourth-order valence-corrected chi connectivity index (χ4v) is 3.25. The van der Waals surface area contributed by atoms with Gasteiger partial charge in [-0.1, -0.05) is 35.9 Å². The molecule has 0 radical (unpaired) electrons. The number of nitrogens with one attached hydrogen (secondary N) is 1. The Morgan fingerprint density at radius 3 is 2.32 bits per heavy atom. The number of benzene rings is 2. The molecule has 1 aliphatic rings. The highest BCUT2D eigenvalue weighted by Gasteiger charge is 2.21. The number of fused-ring (bicyclic) bond motifs is 2. The van der Waals surface area contributed by atoms with Crippen LogP contribution >= 0.6 is 11.6 Å². The topological polar surface area (TPSA) is 136 Å². The van der Waals surface area contributed by atoms with Crippen LogP contribution in [0.2, 0.25) is 5.02 Å². The van der Waals surface area contributed by atoms with Crippen LogP contribution in [0, 0.1) is 0 Å². The number of nitrogens with zero attached hydrogens (tertiary/aromatic N) is 1. The van der Waals surface area contributed by atoms with Crippen LogP contribution in [0.1, 0.15) is 12.0 Å². The fraction of sp³-hybridized carbons (Fsp3) is 0.208. The number of carboxylic acid groups (broad SMARTS) is 3. The second-order valence-electron chi connectivity index (χ2n) is 6.99. The van der Waals surface area contributed by atoms with E-state index in [4.69, 9.17) is 31.7 Å². The van der Waals surface area contributed by atoms with Crippen molar-refractivity contribution in [2.45, 2.75) is 13.0 Å². The SMILES string of the molecule is O=C(O)/C=C/CNCCCN1c2cc(Cl)ccc2COc2ccccc21.O=C(O)/C=C\C(=O)O. The molecule has 0 atom stereocenters. The van der Waals surface area contributed by atoms with E-state index in [1.165, 1.54) is 0 Å². The van der Waals surface area contributed by atoms with Crippen LogP contribution in [0.25, 0.3) is 0 Å². The van der Waals surface area contributed by atoms with Gasteiger partial charge < -0.3 is 30.3 Å². The van der Waals surface area contributed by atoms with Gasteiger partial charge in [0.2, 0.25) is 0 Å². The molecule has 0 unspecified atom stereocenters. The van der Waals surface area contributed by atoms with Crippen LogP contribution in [0.15, 0.2) is 66.8 Å².